The molecule has 0 unspecified atom stereocenters. The SMILES string of the molecule is CS(=O)(=O)c1ccc(NCC#Cc2sc3c(NC4CCC(N5CC6(CCOCC6)C5)CC4)cccc3c2CC(F)(F)F)c(OCC#N)c1. The Balaban J connectivity index is 1.15. The zero-order chi connectivity index (χ0) is 33.9. The number of nitrogens with zero attached hydrogens (tertiary/aromatic N) is 2. The Kier molecular flexibility index (Phi) is 10.1. The maximum atomic E-state index is 13.8. The van der Waals surface area contributed by atoms with Crippen LogP contribution in [-0.4, -0.2) is 77.3 Å². The standard InChI is InChI=1S/C35H39F3N4O4S2/c1-48(43,44)26-11-12-29(31(20-26)46-19-15-39)40-16-3-6-32-28(21-35(36,37)38)27-4-2-5-30(33(27)47-32)41-24-7-9-25(10-8-24)42-22-34(23-42)13-17-45-18-14-34/h2,4-5,11-12,20,24-25,40-41H,7-10,13-14,16-19,21-23H2,1H3. The Morgan fingerprint density at radius 1 is 1.10 bits per heavy atom. The number of rotatable bonds is 9. The van der Waals surface area contributed by atoms with E-state index in [1.54, 1.807) is 12.1 Å². The molecule has 1 aromatic heterocycles. The second-order valence-electron chi connectivity index (χ2n) is 13.1. The Bertz CT molecular complexity index is 1840. The number of halogens is 3. The molecule has 13 heteroatoms. The van der Waals surface area contributed by atoms with Gasteiger partial charge in [-0.15, -0.1) is 11.3 Å². The van der Waals surface area contributed by atoms with Crippen LogP contribution in [-0.2, 0) is 21.0 Å². The van der Waals surface area contributed by atoms with Crippen molar-refractivity contribution < 1.29 is 31.1 Å². The molecule has 1 aliphatic carbocycles. The summed E-state index contributed by atoms with van der Waals surface area (Å²) in [6, 6.07) is 12.4. The van der Waals surface area contributed by atoms with Crippen LogP contribution < -0.4 is 15.4 Å². The van der Waals surface area contributed by atoms with Crippen molar-refractivity contribution in [1.29, 1.82) is 5.26 Å². The van der Waals surface area contributed by atoms with Crippen LogP contribution in [0.25, 0.3) is 10.1 Å². The molecular formula is C35H39F3N4O4S2. The van der Waals surface area contributed by atoms with Crippen LogP contribution in [0.2, 0.25) is 0 Å². The van der Waals surface area contributed by atoms with E-state index < -0.39 is 22.4 Å². The van der Waals surface area contributed by atoms with Crippen LogP contribution in [0.1, 0.15) is 49.0 Å². The number of fused-ring (bicyclic) bond motifs is 1. The summed E-state index contributed by atoms with van der Waals surface area (Å²) in [7, 11) is -3.50. The predicted molar refractivity (Wildman–Crippen MR) is 181 cm³/mol. The molecule has 1 saturated carbocycles. The molecule has 256 valence electrons. The normalized spacial score (nSPS) is 21.1. The average Bonchev–Trinajstić information content (AvgIpc) is 3.38. The van der Waals surface area contributed by atoms with Crippen LogP contribution in [0.15, 0.2) is 41.3 Å². The molecule has 0 radical (unpaired) electrons. The highest BCUT2D eigenvalue weighted by molar-refractivity contribution is 7.90. The van der Waals surface area contributed by atoms with Crippen molar-refractivity contribution in [2.45, 2.75) is 68.1 Å². The lowest BCUT2D eigenvalue weighted by molar-refractivity contribution is -0.126. The van der Waals surface area contributed by atoms with Gasteiger partial charge in [-0.2, -0.15) is 18.4 Å². The summed E-state index contributed by atoms with van der Waals surface area (Å²) >= 11 is 1.27. The van der Waals surface area contributed by atoms with Gasteiger partial charge in [0.25, 0.3) is 0 Å². The van der Waals surface area contributed by atoms with Gasteiger partial charge in [-0.3, -0.25) is 4.90 Å². The number of thiophene rings is 1. The number of benzene rings is 2. The van der Waals surface area contributed by atoms with Gasteiger partial charge in [0.15, 0.2) is 16.4 Å². The van der Waals surface area contributed by atoms with Crippen molar-refractivity contribution in [2.75, 3.05) is 56.3 Å². The fourth-order valence-corrected chi connectivity index (χ4v) is 8.94. The quantitative estimate of drug-likeness (QED) is 0.241. The summed E-state index contributed by atoms with van der Waals surface area (Å²) < 4.78 is 77.0. The molecule has 2 N–H and O–H groups in total. The number of sulfone groups is 1. The van der Waals surface area contributed by atoms with E-state index in [1.165, 1.54) is 42.6 Å². The topological polar surface area (TPSA) is 104 Å². The number of hydrogen-bond acceptors (Lipinski definition) is 9. The van der Waals surface area contributed by atoms with E-state index in [0.29, 0.717) is 27.4 Å². The minimum absolute atomic E-state index is 0.0335. The third-order valence-corrected chi connectivity index (χ3v) is 11.9. The van der Waals surface area contributed by atoms with Crippen LogP contribution in [0, 0.1) is 28.6 Å². The van der Waals surface area contributed by atoms with Crippen molar-refractivity contribution in [1.82, 2.24) is 4.90 Å². The van der Waals surface area contributed by atoms with Gasteiger partial charge >= 0.3 is 6.18 Å². The van der Waals surface area contributed by atoms with Gasteiger partial charge in [-0.25, -0.2) is 8.42 Å². The number of alkyl halides is 3. The number of ether oxygens (including phenoxy) is 2. The average molecular weight is 701 g/mol. The minimum Gasteiger partial charge on any atom is -0.477 e. The van der Waals surface area contributed by atoms with Gasteiger partial charge in [0.05, 0.1) is 38.8 Å². The third kappa shape index (κ3) is 8.03. The van der Waals surface area contributed by atoms with Crippen molar-refractivity contribution in [2.24, 2.45) is 5.41 Å². The van der Waals surface area contributed by atoms with Gasteiger partial charge in [-0.1, -0.05) is 24.0 Å². The monoisotopic (exact) mass is 700 g/mol. The van der Waals surface area contributed by atoms with Crippen LogP contribution >= 0.6 is 11.3 Å². The van der Waals surface area contributed by atoms with Gasteiger partial charge in [0, 0.05) is 56.1 Å². The van der Waals surface area contributed by atoms with Gasteiger partial charge in [0.2, 0.25) is 0 Å². The Morgan fingerprint density at radius 2 is 1.85 bits per heavy atom. The van der Waals surface area contributed by atoms with Crippen LogP contribution in [0.4, 0.5) is 24.5 Å². The van der Waals surface area contributed by atoms with E-state index in [4.69, 9.17) is 14.7 Å². The second kappa shape index (κ2) is 14.2. The largest absolute Gasteiger partial charge is 0.477 e. The number of nitriles is 1. The molecule has 2 aromatic carbocycles. The first kappa shape index (κ1) is 34.4. The minimum atomic E-state index is -4.40. The van der Waals surface area contributed by atoms with E-state index in [9.17, 15) is 21.6 Å². The van der Waals surface area contributed by atoms with E-state index in [2.05, 4.69) is 27.4 Å². The smallest absolute Gasteiger partial charge is 0.393 e. The zero-order valence-electron chi connectivity index (χ0n) is 26.8. The van der Waals surface area contributed by atoms with E-state index in [0.717, 1.165) is 68.4 Å². The highest BCUT2D eigenvalue weighted by atomic mass is 32.2. The molecule has 3 aromatic rings. The number of anilines is 2. The summed E-state index contributed by atoms with van der Waals surface area (Å²) in [4.78, 5) is 3.02. The molecule has 2 saturated heterocycles. The second-order valence-corrected chi connectivity index (χ2v) is 16.1. The van der Waals surface area contributed by atoms with E-state index in [-0.39, 0.29) is 35.4 Å². The van der Waals surface area contributed by atoms with Crippen LogP contribution in [0.3, 0.4) is 0 Å². The molecule has 0 amide bonds. The highest BCUT2D eigenvalue weighted by Crippen LogP contribution is 2.44. The summed E-state index contributed by atoms with van der Waals surface area (Å²) in [6.07, 6.45) is 2.13. The maximum absolute atomic E-state index is 13.8. The van der Waals surface area contributed by atoms with Crippen LogP contribution in [0.5, 0.6) is 5.75 Å². The first-order valence-electron chi connectivity index (χ1n) is 16.2. The molecule has 2 aliphatic heterocycles. The first-order valence-corrected chi connectivity index (χ1v) is 18.9. The Labute approximate surface area is 283 Å². The lowest BCUT2D eigenvalue weighted by Crippen LogP contribution is -2.62. The Morgan fingerprint density at radius 3 is 2.54 bits per heavy atom. The molecule has 0 atom stereocenters. The molecule has 3 fully saturated rings. The van der Waals surface area contributed by atoms with E-state index >= 15 is 0 Å². The van der Waals surface area contributed by atoms with Crippen molar-refractivity contribution >= 4 is 42.6 Å². The van der Waals surface area contributed by atoms with Gasteiger partial charge in [-0.05, 0) is 67.7 Å². The number of nitrogens with one attached hydrogen (secondary N) is 2. The molecule has 3 aliphatic rings. The maximum Gasteiger partial charge on any atom is 0.393 e. The first-order chi connectivity index (χ1) is 22.9. The molecule has 3 heterocycles. The number of hydrogen-bond donors (Lipinski definition) is 2. The Hall–Kier alpha value is -3.49. The highest BCUT2D eigenvalue weighted by Gasteiger charge is 2.46. The molecule has 6 rings (SSSR count). The fourth-order valence-electron chi connectivity index (χ4n) is 7.13. The zero-order valence-corrected chi connectivity index (χ0v) is 28.4. The molecule has 48 heavy (non-hydrogen) atoms. The summed E-state index contributed by atoms with van der Waals surface area (Å²) in [5, 5.41) is 16.2. The van der Waals surface area contributed by atoms with Gasteiger partial charge < -0.3 is 20.1 Å². The predicted octanol–water partition coefficient (Wildman–Crippen LogP) is 6.61. The molecular weight excluding hydrogens is 662 g/mol. The number of likely N-dealkylation sites (tertiary alicyclic amines) is 1. The third-order valence-electron chi connectivity index (χ3n) is 9.64. The lowest BCUT2D eigenvalue weighted by Gasteiger charge is -2.56. The van der Waals surface area contributed by atoms with Crippen molar-refractivity contribution in [3.63, 3.8) is 0 Å². The fraction of sp³-hybridized carbons (Fsp3) is 0.514. The summed E-state index contributed by atoms with van der Waals surface area (Å²) in [5.74, 6) is 6.05. The molecule has 0 bridgehead atoms. The van der Waals surface area contributed by atoms with E-state index in [1.807, 2.05) is 12.1 Å². The van der Waals surface area contributed by atoms with Gasteiger partial charge in [0.1, 0.15) is 11.8 Å². The lowest BCUT2D eigenvalue weighted by atomic mass is 9.71. The molecule has 8 nitrogen and oxygen atoms in total. The van der Waals surface area contributed by atoms with Crippen molar-refractivity contribution in [3.05, 3.63) is 46.8 Å². The summed E-state index contributed by atoms with van der Waals surface area (Å²) in [6.45, 7) is 3.85. The summed E-state index contributed by atoms with van der Waals surface area (Å²) in [5.41, 5.74) is 1.87. The van der Waals surface area contributed by atoms with Crippen molar-refractivity contribution in [3.8, 4) is 23.7 Å². The molecule has 1 spiro atoms.